The van der Waals surface area contributed by atoms with Crippen molar-refractivity contribution in [1.82, 2.24) is 15.5 Å². The number of nitrogens with zero attached hydrogens (tertiary/aromatic N) is 1. The largest absolute Gasteiger partial charge is 0.480 e. The maximum Gasteiger partial charge on any atom is 0.326 e. The molecule has 10 N–H and O–H groups in total. The molecule has 1 fully saturated rings. The van der Waals surface area contributed by atoms with Crippen LogP contribution in [0.15, 0.2) is 0 Å². The van der Waals surface area contributed by atoms with Gasteiger partial charge in [-0.3, -0.25) is 19.2 Å². The summed E-state index contributed by atoms with van der Waals surface area (Å²) >= 11 is 0. The summed E-state index contributed by atoms with van der Waals surface area (Å²) in [5.41, 5.74) is 11.0. The number of carbonyl (C=O) groups is 5. The van der Waals surface area contributed by atoms with E-state index in [0.717, 1.165) is 4.90 Å². The molecule has 0 aromatic rings. The second-order valence-electron chi connectivity index (χ2n) is 9.45. The molecule has 1 heterocycles. The van der Waals surface area contributed by atoms with Gasteiger partial charge < -0.3 is 56.9 Å². The summed E-state index contributed by atoms with van der Waals surface area (Å²) in [7, 11) is 0. The first-order valence-corrected chi connectivity index (χ1v) is 12.6. The normalized spacial score (nSPS) is 26.0. The number of hydrogen-bond acceptors (Lipinski definition) is 11. The molecule has 4 amide bonds. The molecular weight excluding hydrogens is 522 g/mol. The van der Waals surface area contributed by atoms with Gasteiger partial charge in [-0.25, -0.2) is 4.79 Å². The van der Waals surface area contributed by atoms with Gasteiger partial charge in [-0.15, -0.1) is 0 Å². The van der Waals surface area contributed by atoms with Crippen LogP contribution in [0.25, 0.3) is 0 Å². The number of aliphatic carboxylic acids is 1. The Kier molecular flexibility index (Phi) is 13.7. The third-order valence-corrected chi connectivity index (χ3v) is 6.31. The van der Waals surface area contributed by atoms with E-state index in [9.17, 15) is 44.4 Å². The Morgan fingerprint density at radius 1 is 1.15 bits per heavy atom. The summed E-state index contributed by atoms with van der Waals surface area (Å²) < 4.78 is 11.0. The highest BCUT2D eigenvalue weighted by Crippen LogP contribution is 2.24. The van der Waals surface area contributed by atoms with Gasteiger partial charge in [0.2, 0.25) is 23.6 Å². The van der Waals surface area contributed by atoms with Crippen molar-refractivity contribution in [2.45, 2.75) is 102 Å². The van der Waals surface area contributed by atoms with Crippen LogP contribution in [0.3, 0.4) is 0 Å². The number of nitrogens with two attached hydrogens (primary N) is 2. The Morgan fingerprint density at radius 2 is 1.77 bits per heavy atom. The zero-order chi connectivity index (χ0) is 30.0. The quantitative estimate of drug-likeness (QED) is 0.0951. The zero-order valence-corrected chi connectivity index (χ0v) is 22.5. The van der Waals surface area contributed by atoms with Crippen molar-refractivity contribution in [3.8, 4) is 0 Å². The molecule has 0 aromatic carbocycles. The first-order valence-electron chi connectivity index (χ1n) is 12.6. The van der Waals surface area contributed by atoms with E-state index >= 15 is 0 Å². The lowest BCUT2D eigenvalue weighted by Crippen LogP contribution is -2.65. The van der Waals surface area contributed by atoms with Crippen LogP contribution in [0, 0.1) is 0 Å². The fraction of sp³-hybridized carbons (Fsp3) is 0.783. The van der Waals surface area contributed by atoms with E-state index in [-0.39, 0.29) is 19.4 Å². The van der Waals surface area contributed by atoms with Crippen molar-refractivity contribution in [1.29, 1.82) is 0 Å². The molecule has 1 aliphatic heterocycles. The van der Waals surface area contributed by atoms with E-state index in [2.05, 4.69) is 10.6 Å². The number of carbonyl (C=O) groups excluding carboxylic acids is 4. The Balaban J connectivity index is 3.03. The second kappa shape index (κ2) is 15.6. The van der Waals surface area contributed by atoms with Gasteiger partial charge in [-0.1, -0.05) is 6.92 Å². The topological polar surface area (TPSA) is 264 Å². The molecule has 39 heavy (non-hydrogen) atoms. The van der Waals surface area contributed by atoms with E-state index in [0.29, 0.717) is 6.42 Å². The van der Waals surface area contributed by atoms with E-state index in [4.69, 9.17) is 20.9 Å². The standard InChI is InChI=1S/C23H41N5O11/c1-5-13(24)21(34)27-14(20(25)33)6-7-16(31)28(11(3)22(35)36)8-10(2)38-19-17(26-12(4)30)23(37)39-15(9-29)18(19)32/h10-11,13-15,17-19,23,29,32,37H,5-9,24H2,1-4H3,(H2,25,33)(H,26,30)(H,27,34)(H,35,36)/t10?,11-,13?,14+,15+,17+,18+,19+,23-/m0/s1. The molecule has 1 rings (SSSR count). The summed E-state index contributed by atoms with van der Waals surface area (Å²) in [6.45, 7) is 4.60. The lowest BCUT2D eigenvalue weighted by atomic mass is 9.96. The van der Waals surface area contributed by atoms with Crippen LogP contribution >= 0.6 is 0 Å². The first kappa shape index (κ1) is 34.1. The average Bonchev–Trinajstić information content (AvgIpc) is 2.87. The Bertz CT molecular complexity index is 875. The van der Waals surface area contributed by atoms with Crippen LogP contribution < -0.4 is 22.1 Å². The van der Waals surface area contributed by atoms with Gasteiger partial charge in [0.1, 0.15) is 36.4 Å². The molecule has 0 spiro atoms. The van der Waals surface area contributed by atoms with E-state index < -0.39 is 91.1 Å². The van der Waals surface area contributed by atoms with E-state index in [1.165, 1.54) is 20.8 Å². The second-order valence-corrected chi connectivity index (χ2v) is 9.45. The molecule has 16 heteroatoms. The van der Waals surface area contributed by atoms with E-state index in [1.54, 1.807) is 6.92 Å². The molecule has 16 nitrogen and oxygen atoms in total. The van der Waals surface area contributed by atoms with Crippen molar-refractivity contribution >= 4 is 29.6 Å². The molecule has 9 atom stereocenters. The number of primary amides is 1. The SMILES string of the molecule is CCC(N)C(=O)N[C@H](CCC(=O)N(CC(C)O[C@H]1[C@H](O)[C@@H](CO)O[C@H](O)[C@@H]1NC(C)=O)[C@@H](C)C(=O)O)C(N)=O. The van der Waals surface area contributed by atoms with Crippen LogP contribution in [-0.4, -0.2) is 123 Å². The number of rotatable bonds is 15. The molecule has 0 aliphatic carbocycles. The van der Waals surface area contributed by atoms with Crippen molar-refractivity contribution in [2.75, 3.05) is 13.2 Å². The molecule has 2 unspecified atom stereocenters. The highest BCUT2D eigenvalue weighted by Gasteiger charge is 2.46. The van der Waals surface area contributed by atoms with Gasteiger partial charge in [-0.05, 0) is 26.7 Å². The molecule has 0 bridgehead atoms. The van der Waals surface area contributed by atoms with Crippen molar-refractivity contribution < 1.29 is 53.9 Å². The number of nitrogens with one attached hydrogen (secondary N) is 2. The number of carboxylic acids is 1. The molecular formula is C23H41N5O11. The van der Waals surface area contributed by atoms with Crippen LogP contribution in [-0.2, 0) is 33.4 Å². The monoisotopic (exact) mass is 563 g/mol. The number of carboxylic acid groups (broad SMARTS) is 1. The van der Waals surface area contributed by atoms with Crippen LogP contribution in [0.5, 0.6) is 0 Å². The molecule has 0 saturated carbocycles. The minimum absolute atomic E-state index is 0.220. The third kappa shape index (κ3) is 9.98. The van der Waals surface area contributed by atoms with Crippen molar-refractivity contribution in [3.05, 3.63) is 0 Å². The van der Waals surface area contributed by atoms with Crippen LogP contribution in [0.2, 0.25) is 0 Å². The number of amides is 4. The third-order valence-electron chi connectivity index (χ3n) is 6.31. The summed E-state index contributed by atoms with van der Waals surface area (Å²) in [5.74, 6) is -4.12. The summed E-state index contributed by atoms with van der Waals surface area (Å²) in [6.07, 6.45) is -6.89. The lowest BCUT2D eigenvalue weighted by molar-refractivity contribution is -0.268. The molecule has 224 valence electrons. The summed E-state index contributed by atoms with van der Waals surface area (Å²) in [5, 5.41) is 44.7. The van der Waals surface area contributed by atoms with Gasteiger partial charge in [0.25, 0.3) is 0 Å². The fourth-order valence-corrected chi connectivity index (χ4v) is 3.99. The maximum absolute atomic E-state index is 13.1. The van der Waals surface area contributed by atoms with Crippen LogP contribution in [0.1, 0.15) is 47.0 Å². The first-order chi connectivity index (χ1) is 18.1. The lowest BCUT2D eigenvalue weighted by Gasteiger charge is -2.43. The van der Waals surface area contributed by atoms with Crippen LogP contribution in [0.4, 0.5) is 0 Å². The predicted molar refractivity (Wildman–Crippen MR) is 133 cm³/mol. The zero-order valence-electron chi connectivity index (χ0n) is 22.5. The minimum atomic E-state index is -1.64. The molecule has 0 radical (unpaired) electrons. The Labute approximate surface area is 226 Å². The van der Waals surface area contributed by atoms with Gasteiger partial charge in [0.15, 0.2) is 6.29 Å². The molecule has 1 saturated heterocycles. The highest BCUT2D eigenvalue weighted by atomic mass is 16.6. The smallest absolute Gasteiger partial charge is 0.326 e. The van der Waals surface area contributed by atoms with E-state index in [1.807, 2.05) is 0 Å². The highest BCUT2D eigenvalue weighted by molar-refractivity contribution is 5.89. The Morgan fingerprint density at radius 3 is 2.26 bits per heavy atom. The Hall–Kier alpha value is -2.89. The van der Waals surface area contributed by atoms with Crippen molar-refractivity contribution in [3.63, 3.8) is 0 Å². The minimum Gasteiger partial charge on any atom is -0.480 e. The number of aliphatic hydroxyl groups excluding tert-OH is 3. The summed E-state index contributed by atoms with van der Waals surface area (Å²) in [4.78, 5) is 61.3. The number of hydrogen-bond donors (Lipinski definition) is 8. The average molecular weight is 564 g/mol. The fourth-order valence-electron chi connectivity index (χ4n) is 3.99. The number of ether oxygens (including phenoxy) is 2. The van der Waals surface area contributed by atoms with Crippen molar-refractivity contribution in [2.24, 2.45) is 11.5 Å². The number of aliphatic hydroxyl groups is 3. The predicted octanol–water partition coefficient (Wildman–Crippen LogP) is -3.88. The summed E-state index contributed by atoms with van der Waals surface area (Å²) in [6, 6.07) is -4.67. The molecule has 1 aliphatic rings. The van der Waals surface area contributed by atoms with Gasteiger partial charge in [0.05, 0.1) is 18.8 Å². The van der Waals surface area contributed by atoms with Gasteiger partial charge >= 0.3 is 5.97 Å². The van der Waals surface area contributed by atoms with Gasteiger partial charge in [-0.2, -0.15) is 0 Å². The maximum atomic E-state index is 13.1. The van der Waals surface area contributed by atoms with Gasteiger partial charge in [0, 0.05) is 19.9 Å². The molecule has 0 aromatic heterocycles.